The minimum Gasteiger partial charge on any atom is -0.227 e. The number of benzene rings is 2. The highest BCUT2D eigenvalue weighted by Gasteiger charge is 2.13. The molecule has 2 nitrogen and oxygen atoms in total. The second kappa shape index (κ2) is 5.63. The zero-order valence-corrected chi connectivity index (χ0v) is 14.7. The Balaban J connectivity index is 2.33. The molecule has 0 amide bonds. The molecule has 0 saturated carbocycles. The molecule has 3 rings (SSSR count). The van der Waals surface area contributed by atoms with Gasteiger partial charge in [-0.3, -0.25) is 0 Å². The topological polar surface area (TPSA) is 25.8 Å². The highest BCUT2D eigenvalue weighted by Crippen LogP contribution is 2.33. The van der Waals surface area contributed by atoms with Crippen LogP contribution in [0.3, 0.4) is 0 Å². The van der Waals surface area contributed by atoms with Gasteiger partial charge in [-0.2, -0.15) is 0 Å². The maximum atomic E-state index is 13.5. The summed E-state index contributed by atoms with van der Waals surface area (Å²) < 4.78 is 15.2. The second-order valence-corrected chi connectivity index (χ2v) is 6.71. The van der Waals surface area contributed by atoms with Crippen LogP contribution in [0.4, 0.5) is 4.39 Å². The number of nitrogens with zero attached hydrogens (tertiary/aromatic N) is 2. The van der Waals surface area contributed by atoms with Crippen molar-refractivity contribution in [2.75, 3.05) is 0 Å². The average Bonchev–Trinajstić information content (AvgIpc) is 2.42. The molecule has 0 aliphatic rings. The van der Waals surface area contributed by atoms with Gasteiger partial charge in [0.1, 0.15) is 11.0 Å². The Morgan fingerprint density at radius 2 is 1.86 bits per heavy atom. The number of hydrogen-bond donors (Lipinski definition) is 0. The molecule has 0 bridgehead atoms. The van der Waals surface area contributed by atoms with Crippen molar-refractivity contribution in [2.24, 2.45) is 0 Å². The molecule has 1 heterocycles. The number of fused-ring (bicyclic) bond motifs is 1. The van der Waals surface area contributed by atoms with Crippen molar-refractivity contribution in [2.45, 2.75) is 6.92 Å². The smallest absolute Gasteiger partial charge is 0.161 e. The van der Waals surface area contributed by atoms with E-state index in [1.807, 2.05) is 19.1 Å². The van der Waals surface area contributed by atoms with Gasteiger partial charge in [0.25, 0.3) is 0 Å². The van der Waals surface area contributed by atoms with E-state index in [-0.39, 0.29) is 5.82 Å². The molecule has 1 aromatic heterocycles. The highest BCUT2D eigenvalue weighted by molar-refractivity contribution is 9.11. The first kappa shape index (κ1) is 14.9. The fraction of sp³-hybridized carbons (Fsp3) is 0.0667. The van der Waals surface area contributed by atoms with Crippen molar-refractivity contribution in [1.82, 2.24) is 9.97 Å². The van der Waals surface area contributed by atoms with E-state index in [1.165, 1.54) is 12.1 Å². The van der Waals surface area contributed by atoms with Crippen molar-refractivity contribution < 1.29 is 4.39 Å². The summed E-state index contributed by atoms with van der Waals surface area (Å²) in [6, 6.07) is 8.26. The number of hydrogen-bond acceptors (Lipinski definition) is 2. The van der Waals surface area contributed by atoms with Crippen LogP contribution in [0.25, 0.3) is 22.3 Å². The Bertz CT molecular complexity index is 868. The summed E-state index contributed by atoms with van der Waals surface area (Å²) in [7, 11) is 0. The standard InChI is InChI=1S/C15H8Br2ClFN2/c1-7-2-3-9(19)6-10(7)15-20-13-11(14(18)21-15)4-8(16)5-12(13)17/h2-6H,1H3. The summed E-state index contributed by atoms with van der Waals surface area (Å²) in [6.45, 7) is 1.88. The average molecular weight is 431 g/mol. The van der Waals surface area contributed by atoms with Gasteiger partial charge in [0.2, 0.25) is 0 Å². The molecule has 0 aliphatic carbocycles. The largest absolute Gasteiger partial charge is 0.227 e. The molecule has 0 spiro atoms. The van der Waals surface area contributed by atoms with Gasteiger partial charge >= 0.3 is 0 Å². The maximum absolute atomic E-state index is 13.5. The molecule has 6 heteroatoms. The molecule has 2 aromatic carbocycles. The molecule has 0 atom stereocenters. The molecular weight excluding hydrogens is 422 g/mol. The first-order valence-corrected chi connectivity index (χ1v) is 8.01. The van der Waals surface area contributed by atoms with E-state index in [9.17, 15) is 4.39 Å². The Morgan fingerprint density at radius 3 is 2.62 bits per heavy atom. The van der Waals surface area contributed by atoms with Gasteiger partial charge in [-0.1, -0.05) is 33.6 Å². The number of aryl methyl sites for hydroxylation is 1. The van der Waals surface area contributed by atoms with Crippen LogP contribution >= 0.6 is 43.5 Å². The van der Waals surface area contributed by atoms with Crippen LogP contribution in [-0.4, -0.2) is 9.97 Å². The zero-order chi connectivity index (χ0) is 15.1. The molecule has 0 aliphatic heterocycles. The fourth-order valence-corrected chi connectivity index (χ4v) is 3.61. The molecule has 0 radical (unpaired) electrons. The lowest BCUT2D eigenvalue weighted by Gasteiger charge is -2.09. The van der Waals surface area contributed by atoms with Crippen LogP contribution in [0.2, 0.25) is 5.15 Å². The molecule has 0 N–H and O–H groups in total. The van der Waals surface area contributed by atoms with Gasteiger partial charge in [0.15, 0.2) is 5.82 Å². The number of aromatic nitrogens is 2. The Hall–Kier alpha value is -1.04. The first-order chi connectivity index (χ1) is 9.95. The quantitative estimate of drug-likeness (QED) is 0.448. The summed E-state index contributed by atoms with van der Waals surface area (Å²) in [5, 5.41) is 1.07. The summed E-state index contributed by atoms with van der Waals surface area (Å²) in [5.41, 5.74) is 2.21. The van der Waals surface area contributed by atoms with E-state index >= 15 is 0 Å². The van der Waals surface area contributed by atoms with Gasteiger partial charge in [-0.05, 0) is 52.7 Å². The minimum absolute atomic E-state index is 0.328. The Morgan fingerprint density at radius 1 is 1.10 bits per heavy atom. The molecular formula is C15H8Br2ClFN2. The summed E-state index contributed by atoms with van der Waals surface area (Å²) in [6.07, 6.45) is 0. The molecule has 0 unspecified atom stereocenters. The van der Waals surface area contributed by atoms with Crippen LogP contribution in [-0.2, 0) is 0 Å². The maximum Gasteiger partial charge on any atom is 0.161 e. The van der Waals surface area contributed by atoms with Crippen LogP contribution in [0, 0.1) is 12.7 Å². The predicted octanol–water partition coefficient (Wildman–Crippen LogP) is 5.92. The SMILES string of the molecule is Cc1ccc(F)cc1-c1nc(Cl)c2cc(Br)cc(Br)c2n1. The molecule has 106 valence electrons. The van der Waals surface area contributed by atoms with E-state index in [0.29, 0.717) is 22.1 Å². The predicted molar refractivity (Wildman–Crippen MR) is 90.1 cm³/mol. The van der Waals surface area contributed by atoms with E-state index in [0.717, 1.165) is 19.9 Å². The lowest BCUT2D eigenvalue weighted by atomic mass is 10.1. The third-order valence-electron chi connectivity index (χ3n) is 3.11. The minimum atomic E-state index is -0.328. The highest BCUT2D eigenvalue weighted by atomic mass is 79.9. The third-order valence-corrected chi connectivity index (χ3v) is 4.46. The summed E-state index contributed by atoms with van der Waals surface area (Å²) in [5.74, 6) is 0.0813. The molecule has 21 heavy (non-hydrogen) atoms. The van der Waals surface area contributed by atoms with Crippen molar-refractivity contribution in [3.63, 3.8) is 0 Å². The monoisotopic (exact) mass is 428 g/mol. The van der Waals surface area contributed by atoms with Gasteiger partial charge < -0.3 is 0 Å². The van der Waals surface area contributed by atoms with Crippen LogP contribution < -0.4 is 0 Å². The van der Waals surface area contributed by atoms with E-state index in [1.54, 1.807) is 6.07 Å². The zero-order valence-electron chi connectivity index (χ0n) is 10.8. The van der Waals surface area contributed by atoms with Gasteiger partial charge in [0.05, 0.1) is 5.52 Å². The van der Waals surface area contributed by atoms with E-state index < -0.39 is 0 Å². The summed E-state index contributed by atoms with van der Waals surface area (Å²) in [4.78, 5) is 8.82. The molecule has 0 fully saturated rings. The lowest BCUT2D eigenvalue weighted by molar-refractivity contribution is 0.628. The number of rotatable bonds is 1. The second-order valence-electron chi connectivity index (χ2n) is 4.58. The normalized spacial score (nSPS) is 11.1. The van der Waals surface area contributed by atoms with Crippen molar-refractivity contribution in [1.29, 1.82) is 0 Å². The van der Waals surface area contributed by atoms with Crippen LogP contribution in [0.5, 0.6) is 0 Å². The van der Waals surface area contributed by atoms with Crippen molar-refractivity contribution in [3.05, 3.63) is 55.8 Å². The summed E-state index contributed by atoms with van der Waals surface area (Å²) >= 11 is 13.1. The first-order valence-electron chi connectivity index (χ1n) is 6.04. The Kier molecular flexibility index (Phi) is 3.99. The lowest BCUT2D eigenvalue weighted by Crippen LogP contribution is -1.95. The third kappa shape index (κ3) is 2.82. The molecule has 3 aromatic rings. The fourth-order valence-electron chi connectivity index (χ4n) is 2.08. The van der Waals surface area contributed by atoms with Gasteiger partial charge in [-0.25, -0.2) is 14.4 Å². The van der Waals surface area contributed by atoms with Gasteiger partial charge in [-0.15, -0.1) is 0 Å². The Labute approximate surface area is 142 Å². The van der Waals surface area contributed by atoms with Crippen molar-refractivity contribution >= 4 is 54.4 Å². The van der Waals surface area contributed by atoms with Crippen molar-refractivity contribution in [3.8, 4) is 11.4 Å². The van der Waals surface area contributed by atoms with E-state index in [4.69, 9.17) is 11.6 Å². The van der Waals surface area contributed by atoms with Crippen LogP contribution in [0.15, 0.2) is 39.3 Å². The van der Waals surface area contributed by atoms with Crippen LogP contribution in [0.1, 0.15) is 5.56 Å². The number of halogens is 4. The van der Waals surface area contributed by atoms with E-state index in [2.05, 4.69) is 41.8 Å². The molecule has 0 saturated heterocycles. The van der Waals surface area contributed by atoms with Gasteiger partial charge in [0, 0.05) is 19.9 Å².